The van der Waals surface area contributed by atoms with Gasteiger partial charge in [0.05, 0.1) is 5.69 Å². The Hall–Kier alpha value is -0.790. The largest absolute Gasteiger partial charge is 0.451 e. The Labute approximate surface area is 66.6 Å². The standard InChI is InChI=1S/C9H13NO/c1-8(2)5-9(8,3)7-4-11-6-10-7/h4,6H,5H2,1-3H3. The Morgan fingerprint density at radius 1 is 1.45 bits per heavy atom. The molecule has 1 unspecified atom stereocenters. The van der Waals surface area contributed by atoms with Crippen molar-refractivity contribution in [3.05, 3.63) is 18.4 Å². The normalized spacial score (nSPS) is 33.7. The molecule has 1 atom stereocenters. The van der Waals surface area contributed by atoms with Crippen molar-refractivity contribution in [1.82, 2.24) is 4.98 Å². The van der Waals surface area contributed by atoms with Gasteiger partial charge in [0.15, 0.2) is 6.39 Å². The van der Waals surface area contributed by atoms with Crippen LogP contribution in [0.1, 0.15) is 32.9 Å². The lowest BCUT2D eigenvalue weighted by Gasteiger charge is -2.09. The topological polar surface area (TPSA) is 26.0 Å². The van der Waals surface area contributed by atoms with E-state index in [9.17, 15) is 0 Å². The molecule has 1 aliphatic carbocycles. The van der Waals surface area contributed by atoms with Gasteiger partial charge in [0.1, 0.15) is 6.26 Å². The summed E-state index contributed by atoms with van der Waals surface area (Å²) in [5, 5.41) is 0. The first-order chi connectivity index (χ1) is 5.06. The fourth-order valence-electron chi connectivity index (χ4n) is 1.76. The molecule has 0 aromatic carbocycles. The molecular formula is C9H13NO. The predicted molar refractivity (Wildman–Crippen MR) is 42.3 cm³/mol. The summed E-state index contributed by atoms with van der Waals surface area (Å²) in [4.78, 5) is 4.18. The van der Waals surface area contributed by atoms with Crippen LogP contribution in [0.4, 0.5) is 0 Å². The number of hydrogen-bond acceptors (Lipinski definition) is 2. The molecule has 11 heavy (non-hydrogen) atoms. The third kappa shape index (κ3) is 0.753. The molecule has 0 N–H and O–H groups in total. The molecule has 0 spiro atoms. The van der Waals surface area contributed by atoms with Gasteiger partial charge in [-0.2, -0.15) is 0 Å². The number of oxazole rings is 1. The number of aromatic nitrogens is 1. The maximum atomic E-state index is 4.96. The van der Waals surface area contributed by atoms with Crippen LogP contribution in [0.2, 0.25) is 0 Å². The molecule has 1 saturated carbocycles. The maximum Gasteiger partial charge on any atom is 0.180 e. The van der Waals surface area contributed by atoms with Crippen LogP contribution in [0.25, 0.3) is 0 Å². The molecule has 0 radical (unpaired) electrons. The maximum absolute atomic E-state index is 4.96. The lowest BCUT2D eigenvalue weighted by molar-refractivity contribution is 0.511. The summed E-state index contributed by atoms with van der Waals surface area (Å²) in [5.41, 5.74) is 1.77. The summed E-state index contributed by atoms with van der Waals surface area (Å²) >= 11 is 0. The second-order valence-corrected chi connectivity index (χ2v) is 4.27. The van der Waals surface area contributed by atoms with Crippen LogP contribution in [-0.2, 0) is 5.41 Å². The molecule has 0 amide bonds. The number of rotatable bonds is 1. The molecule has 2 heteroatoms. The molecule has 2 rings (SSSR count). The zero-order valence-corrected chi connectivity index (χ0v) is 7.22. The van der Waals surface area contributed by atoms with Crippen molar-refractivity contribution in [2.45, 2.75) is 32.6 Å². The predicted octanol–water partition coefficient (Wildman–Crippen LogP) is 2.36. The number of nitrogens with zero attached hydrogens (tertiary/aromatic N) is 1. The van der Waals surface area contributed by atoms with Gasteiger partial charge in [0, 0.05) is 5.41 Å². The quantitative estimate of drug-likeness (QED) is 0.615. The van der Waals surface area contributed by atoms with Crippen molar-refractivity contribution in [2.75, 3.05) is 0 Å². The summed E-state index contributed by atoms with van der Waals surface area (Å²) in [6.45, 7) is 6.77. The average molecular weight is 151 g/mol. The fourth-order valence-corrected chi connectivity index (χ4v) is 1.76. The minimum absolute atomic E-state index is 0.264. The number of hydrogen-bond donors (Lipinski definition) is 0. The van der Waals surface area contributed by atoms with Crippen molar-refractivity contribution in [3.8, 4) is 0 Å². The Balaban J connectivity index is 2.33. The van der Waals surface area contributed by atoms with Gasteiger partial charge in [0.2, 0.25) is 0 Å². The summed E-state index contributed by atoms with van der Waals surface area (Å²) in [7, 11) is 0. The van der Waals surface area contributed by atoms with Crippen molar-refractivity contribution in [2.24, 2.45) is 5.41 Å². The second kappa shape index (κ2) is 1.68. The van der Waals surface area contributed by atoms with Crippen molar-refractivity contribution >= 4 is 0 Å². The van der Waals surface area contributed by atoms with E-state index in [2.05, 4.69) is 25.8 Å². The lowest BCUT2D eigenvalue weighted by atomic mass is 9.95. The highest BCUT2D eigenvalue weighted by molar-refractivity contribution is 5.27. The van der Waals surface area contributed by atoms with Gasteiger partial charge >= 0.3 is 0 Å². The fraction of sp³-hybridized carbons (Fsp3) is 0.667. The van der Waals surface area contributed by atoms with Crippen molar-refractivity contribution in [1.29, 1.82) is 0 Å². The third-order valence-corrected chi connectivity index (χ3v) is 3.16. The van der Waals surface area contributed by atoms with Crippen LogP contribution < -0.4 is 0 Å². The summed E-state index contributed by atoms with van der Waals surface area (Å²) in [6, 6.07) is 0. The van der Waals surface area contributed by atoms with E-state index in [1.54, 1.807) is 6.26 Å². The first-order valence-electron chi connectivity index (χ1n) is 3.95. The molecule has 0 saturated heterocycles. The third-order valence-electron chi connectivity index (χ3n) is 3.16. The summed E-state index contributed by atoms with van der Waals surface area (Å²) in [5.74, 6) is 0. The van der Waals surface area contributed by atoms with Gasteiger partial charge < -0.3 is 4.42 Å². The Bertz CT molecular complexity index is 263. The smallest absolute Gasteiger partial charge is 0.180 e. The lowest BCUT2D eigenvalue weighted by Crippen LogP contribution is -2.09. The highest BCUT2D eigenvalue weighted by atomic mass is 16.3. The minimum atomic E-state index is 0.264. The zero-order chi connectivity index (χ0) is 8.11. The van der Waals surface area contributed by atoms with E-state index in [0.717, 1.165) is 5.69 Å². The van der Waals surface area contributed by atoms with Gasteiger partial charge in [-0.25, -0.2) is 4.98 Å². The van der Waals surface area contributed by atoms with E-state index in [0.29, 0.717) is 5.41 Å². The Morgan fingerprint density at radius 3 is 2.45 bits per heavy atom. The summed E-state index contributed by atoms with van der Waals surface area (Å²) < 4.78 is 4.96. The molecule has 1 aromatic heterocycles. The van der Waals surface area contributed by atoms with Crippen molar-refractivity contribution < 1.29 is 4.42 Å². The zero-order valence-electron chi connectivity index (χ0n) is 7.22. The molecule has 60 valence electrons. The van der Waals surface area contributed by atoms with E-state index >= 15 is 0 Å². The SMILES string of the molecule is CC1(C)CC1(C)c1cocn1. The first-order valence-corrected chi connectivity index (χ1v) is 3.95. The molecule has 0 bridgehead atoms. The van der Waals surface area contributed by atoms with Gasteiger partial charge in [-0.15, -0.1) is 0 Å². The van der Waals surface area contributed by atoms with E-state index in [1.165, 1.54) is 12.8 Å². The van der Waals surface area contributed by atoms with Crippen LogP contribution in [-0.4, -0.2) is 4.98 Å². The van der Waals surface area contributed by atoms with Crippen LogP contribution in [0, 0.1) is 5.41 Å². The Kier molecular flexibility index (Phi) is 1.05. The van der Waals surface area contributed by atoms with Gasteiger partial charge in [-0.3, -0.25) is 0 Å². The monoisotopic (exact) mass is 151 g/mol. The van der Waals surface area contributed by atoms with Gasteiger partial charge in [0.25, 0.3) is 0 Å². The molecule has 1 aliphatic rings. The average Bonchev–Trinajstić information content (AvgIpc) is 2.36. The molecule has 0 aliphatic heterocycles. The van der Waals surface area contributed by atoms with Crippen LogP contribution >= 0.6 is 0 Å². The van der Waals surface area contributed by atoms with E-state index in [-0.39, 0.29) is 5.41 Å². The minimum Gasteiger partial charge on any atom is -0.451 e. The molecule has 1 heterocycles. The molecule has 1 aromatic rings. The van der Waals surface area contributed by atoms with Gasteiger partial charge in [-0.1, -0.05) is 20.8 Å². The van der Waals surface area contributed by atoms with E-state index in [1.807, 2.05) is 0 Å². The highest BCUT2D eigenvalue weighted by Gasteiger charge is 2.59. The van der Waals surface area contributed by atoms with Crippen LogP contribution in [0.3, 0.4) is 0 Å². The van der Waals surface area contributed by atoms with Crippen LogP contribution in [0.5, 0.6) is 0 Å². The Morgan fingerprint density at radius 2 is 2.09 bits per heavy atom. The van der Waals surface area contributed by atoms with E-state index < -0.39 is 0 Å². The van der Waals surface area contributed by atoms with Crippen LogP contribution in [0.15, 0.2) is 17.1 Å². The van der Waals surface area contributed by atoms with Gasteiger partial charge in [-0.05, 0) is 11.8 Å². The molecule has 1 fully saturated rings. The second-order valence-electron chi connectivity index (χ2n) is 4.27. The van der Waals surface area contributed by atoms with Crippen molar-refractivity contribution in [3.63, 3.8) is 0 Å². The first kappa shape index (κ1) is 6.89. The highest BCUT2D eigenvalue weighted by Crippen LogP contribution is 2.63. The van der Waals surface area contributed by atoms with E-state index in [4.69, 9.17) is 4.42 Å². The molecule has 2 nitrogen and oxygen atoms in total. The molecular weight excluding hydrogens is 138 g/mol. The summed E-state index contributed by atoms with van der Waals surface area (Å²) in [6.07, 6.45) is 4.48.